The number of aromatic nitrogens is 4. The number of pyridine rings is 1. The zero-order valence-corrected chi connectivity index (χ0v) is 13.3. The third kappa shape index (κ3) is 4.37. The molecule has 0 aliphatic heterocycles. The second-order valence-corrected chi connectivity index (χ2v) is 5.92. The number of aromatic amines is 1. The number of hydrogen-bond donors (Lipinski definition) is 3. The number of anilines is 1. The van der Waals surface area contributed by atoms with Crippen LogP contribution in [0, 0.1) is 5.92 Å². The quantitative estimate of drug-likeness (QED) is 0.744. The lowest BCUT2D eigenvalue weighted by atomic mass is 10.0. The summed E-state index contributed by atoms with van der Waals surface area (Å²) in [5, 5.41) is 13.0. The molecule has 0 bridgehead atoms. The van der Waals surface area contributed by atoms with Crippen molar-refractivity contribution in [2.45, 2.75) is 32.1 Å². The minimum absolute atomic E-state index is 0.0782. The Hall–Kier alpha value is -2.77. The summed E-state index contributed by atoms with van der Waals surface area (Å²) in [7, 11) is 0. The number of nitrogens with zero attached hydrogens (tertiary/aromatic N) is 3. The van der Waals surface area contributed by atoms with Crippen molar-refractivity contribution in [3.05, 3.63) is 24.4 Å². The van der Waals surface area contributed by atoms with Crippen LogP contribution in [0.3, 0.4) is 0 Å². The molecule has 1 aliphatic carbocycles. The van der Waals surface area contributed by atoms with Gasteiger partial charge in [-0.05, 0) is 30.9 Å². The van der Waals surface area contributed by atoms with Gasteiger partial charge in [0.15, 0.2) is 5.82 Å². The fourth-order valence-corrected chi connectivity index (χ4v) is 2.84. The molecule has 1 saturated carbocycles. The van der Waals surface area contributed by atoms with Gasteiger partial charge in [0.1, 0.15) is 5.69 Å². The summed E-state index contributed by atoms with van der Waals surface area (Å²) in [5.74, 6) is 0.729. The molecule has 8 heteroatoms. The molecule has 1 fully saturated rings. The number of rotatable bonds is 6. The highest BCUT2D eigenvalue weighted by molar-refractivity contribution is 5.93. The lowest BCUT2D eigenvalue weighted by molar-refractivity contribution is -0.124. The van der Waals surface area contributed by atoms with Crippen LogP contribution < -0.4 is 10.6 Å². The maximum atomic E-state index is 11.9. The second-order valence-electron chi connectivity index (χ2n) is 5.92. The first-order valence-electron chi connectivity index (χ1n) is 8.11. The largest absolute Gasteiger partial charge is 0.347 e. The smallest absolute Gasteiger partial charge is 0.246 e. The Balaban J connectivity index is 1.45. The van der Waals surface area contributed by atoms with Gasteiger partial charge in [0.25, 0.3) is 0 Å². The van der Waals surface area contributed by atoms with Gasteiger partial charge in [-0.25, -0.2) is 0 Å². The van der Waals surface area contributed by atoms with E-state index in [2.05, 4.69) is 30.8 Å². The Morgan fingerprint density at radius 3 is 2.75 bits per heavy atom. The Morgan fingerprint density at radius 1 is 1.17 bits per heavy atom. The van der Waals surface area contributed by atoms with E-state index in [1.54, 1.807) is 18.3 Å². The zero-order chi connectivity index (χ0) is 16.8. The topological polar surface area (TPSA) is 113 Å². The third-order valence-electron chi connectivity index (χ3n) is 4.05. The molecule has 2 heterocycles. The average Bonchev–Trinajstić information content (AvgIpc) is 3.26. The first-order valence-corrected chi connectivity index (χ1v) is 8.11. The molecule has 0 atom stereocenters. The molecule has 0 aromatic carbocycles. The van der Waals surface area contributed by atoms with E-state index in [9.17, 15) is 9.59 Å². The summed E-state index contributed by atoms with van der Waals surface area (Å²) in [6, 6.07) is 5.43. The Labute approximate surface area is 139 Å². The number of carbonyl (C=O) groups is 2. The van der Waals surface area contributed by atoms with Crippen LogP contribution in [0.5, 0.6) is 0 Å². The Morgan fingerprint density at radius 2 is 2.00 bits per heavy atom. The number of H-pyrrole nitrogens is 1. The maximum Gasteiger partial charge on any atom is 0.246 e. The predicted octanol–water partition coefficient (Wildman–Crippen LogP) is 1.50. The molecule has 24 heavy (non-hydrogen) atoms. The van der Waals surface area contributed by atoms with Crippen LogP contribution in [-0.4, -0.2) is 38.5 Å². The molecule has 8 nitrogen and oxygen atoms in total. The minimum Gasteiger partial charge on any atom is -0.347 e. The standard InChI is InChI=1S/C16H20N6O2/c23-13(9-11-5-1-2-6-11)18-10-14(24)19-16-20-15(21-22-16)12-7-3-4-8-17-12/h3-4,7-8,11H,1-2,5-6,9-10H2,(H,18,23)(H2,19,20,21,22,24). The van der Waals surface area contributed by atoms with Gasteiger partial charge in [0, 0.05) is 12.6 Å². The van der Waals surface area contributed by atoms with Gasteiger partial charge in [0.05, 0.1) is 6.54 Å². The van der Waals surface area contributed by atoms with Crippen molar-refractivity contribution in [3.8, 4) is 11.5 Å². The van der Waals surface area contributed by atoms with Crippen molar-refractivity contribution >= 4 is 17.8 Å². The molecule has 2 amide bonds. The number of carbonyl (C=O) groups excluding carboxylic acids is 2. The van der Waals surface area contributed by atoms with Crippen molar-refractivity contribution in [2.75, 3.05) is 11.9 Å². The van der Waals surface area contributed by atoms with Crippen molar-refractivity contribution in [1.29, 1.82) is 0 Å². The van der Waals surface area contributed by atoms with Crippen LogP contribution in [0.25, 0.3) is 11.5 Å². The summed E-state index contributed by atoms with van der Waals surface area (Å²) in [6.45, 7) is -0.0782. The average molecular weight is 328 g/mol. The van der Waals surface area contributed by atoms with Crippen LogP contribution in [0.2, 0.25) is 0 Å². The monoisotopic (exact) mass is 328 g/mol. The zero-order valence-electron chi connectivity index (χ0n) is 13.3. The van der Waals surface area contributed by atoms with Crippen LogP contribution in [0.4, 0.5) is 5.95 Å². The summed E-state index contributed by atoms with van der Waals surface area (Å²) in [5.41, 5.74) is 0.635. The molecular weight excluding hydrogens is 308 g/mol. The van der Waals surface area contributed by atoms with Crippen molar-refractivity contribution in [1.82, 2.24) is 25.5 Å². The molecule has 3 rings (SSSR count). The van der Waals surface area contributed by atoms with Crippen molar-refractivity contribution < 1.29 is 9.59 Å². The van der Waals surface area contributed by atoms with E-state index < -0.39 is 0 Å². The van der Waals surface area contributed by atoms with Gasteiger partial charge < -0.3 is 10.3 Å². The summed E-state index contributed by atoms with van der Waals surface area (Å²) in [6.07, 6.45) is 6.75. The van der Waals surface area contributed by atoms with Crippen LogP contribution in [0.1, 0.15) is 32.1 Å². The Bertz CT molecular complexity index is 694. The van der Waals surface area contributed by atoms with Gasteiger partial charge in [-0.15, -0.1) is 10.2 Å². The minimum atomic E-state index is -0.349. The summed E-state index contributed by atoms with van der Waals surface area (Å²) >= 11 is 0. The SMILES string of the molecule is O=C(CC1CCCC1)NCC(=O)Nc1nnc(-c2ccccn2)[nH]1. The number of amides is 2. The van der Waals surface area contributed by atoms with Crippen LogP contribution >= 0.6 is 0 Å². The van der Waals surface area contributed by atoms with Crippen molar-refractivity contribution in [2.24, 2.45) is 5.92 Å². The molecule has 1 aliphatic rings. The lowest BCUT2D eigenvalue weighted by Crippen LogP contribution is -2.33. The summed E-state index contributed by atoms with van der Waals surface area (Å²) < 4.78 is 0. The molecule has 0 spiro atoms. The highest BCUT2D eigenvalue weighted by Gasteiger charge is 2.18. The van der Waals surface area contributed by atoms with Crippen molar-refractivity contribution in [3.63, 3.8) is 0 Å². The first kappa shape index (κ1) is 16.1. The van der Waals surface area contributed by atoms with E-state index in [0.717, 1.165) is 12.8 Å². The maximum absolute atomic E-state index is 11.9. The Kier molecular flexibility index (Phi) is 5.15. The molecule has 126 valence electrons. The second kappa shape index (κ2) is 7.67. The van der Waals surface area contributed by atoms with Crippen LogP contribution in [0.15, 0.2) is 24.4 Å². The van der Waals surface area contributed by atoms with E-state index in [1.165, 1.54) is 12.8 Å². The van der Waals surface area contributed by atoms with E-state index in [-0.39, 0.29) is 24.3 Å². The lowest BCUT2D eigenvalue weighted by Gasteiger charge is -2.09. The first-order chi connectivity index (χ1) is 11.7. The van der Waals surface area contributed by atoms with Gasteiger partial charge in [-0.2, -0.15) is 0 Å². The van der Waals surface area contributed by atoms with E-state index in [0.29, 0.717) is 23.9 Å². The molecule has 3 N–H and O–H groups in total. The van der Waals surface area contributed by atoms with E-state index in [1.807, 2.05) is 6.07 Å². The number of hydrogen-bond acceptors (Lipinski definition) is 5. The fraction of sp³-hybridized carbons (Fsp3) is 0.438. The van der Waals surface area contributed by atoms with E-state index in [4.69, 9.17) is 0 Å². The summed E-state index contributed by atoms with van der Waals surface area (Å²) in [4.78, 5) is 30.7. The normalized spacial score (nSPS) is 14.5. The highest BCUT2D eigenvalue weighted by atomic mass is 16.2. The fourth-order valence-electron chi connectivity index (χ4n) is 2.84. The third-order valence-corrected chi connectivity index (χ3v) is 4.05. The highest BCUT2D eigenvalue weighted by Crippen LogP contribution is 2.27. The molecule has 2 aromatic heterocycles. The number of nitrogens with one attached hydrogen (secondary N) is 3. The van der Waals surface area contributed by atoms with Gasteiger partial charge in [0.2, 0.25) is 17.8 Å². The van der Waals surface area contributed by atoms with Gasteiger partial charge in [-0.3, -0.25) is 19.9 Å². The molecular formula is C16H20N6O2. The van der Waals surface area contributed by atoms with Gasteiger partial charge >= 0.3 is 0 Å². The molecule has 0 saturated heterocycles. The van der Waals surface area contributed by atoms with Gasteiger partial charge in [-0.1, -0.05) is 18.9 Å². The molecule has 0 radical (unpaired) electrons. The van der Waals surface area contributed by atoms with E-state index >= 15 is 0 Å². The predicted molar refractivity (Wildman–Crippen MR) is 87.8 cm³/mol. The molecule has 0 unspecified atom stereocenters. The molecule has 2 aromatic rings. The van der Waals surface area contributed by atoms with Crippen LogP contribution in [-0.2, 0) is 9.59 Å².